The molecule has 0 aliphatic heterocycles. The summed E-state index contributed by atoms with van der Waals surface area (Å²) in [5.41, 5.74) is 1.16. The third kappa shape index (κ3) is 0.862. The van der Waals surface area contributed by atoms with Crippen molar-refractivity contribution in [3.8, 4) is 0 Å². The molecule has 2 heteroatoms. The average molecular weight is 179 g/mol. The standard InChI is InChI=1S/C11H17NO/c1-10(2)8-4-5-9(12-13)11(10,3)7-6-8/h4-5,8,13H,6-7H2,1-3H3/b12-9+. The molecule has 0 aromatic carbocycles. The van der Waals surface area contributed by atoms with Crippen LogP contribution in [0.1, 0.15) is 33.6 Å². The molecule has 2 atom stereocenters. The summed E-state index contributed by atoms with van der Waals surface area (Å²) in [7, 11) is 0. The first-order valence-corrected chi connectivity index (χ1v) is 4.93. The molecular weight excluding hydrogens is 162 g/mol. The summed E-state index contributed by atoms with van der Waals surface area (Å²) < 4.78 is 0. The van der Waals surface area contributed by atoms with Gasteiger partial charge in [0.25, 0.3) is 0 Å². The minimum atomic E-state index is 0.0706. The van der Waals surface area contributed by atoms with Crippen molar-refractivity contribution in [2.24, 2.45) is 21.9 Å². The fourth-order valence-corrected chi connectivity index (χ4v) is 2.87. The van der Waals surface area contributed by atoms with Gasteiger partial charge < -0.3 is 5.21 Å². The molecule has 0 heterocycles. The molecule has 0 aromatic rings. The molecule has 0 amide bonds. The minimum Gasteiger partial charge on any atom is -0.411 e. The van der Waals surface area contributed by atoms with Crippen LogP contribution in [0.25, 0.3) is 0 Å². The Morgan fingerprint density at radius 2 is 2.15 bits per heavy atom. The van der Waals surface area contributed by atoms with Crippen LogP contribution in [0.4, 0.5) is 0 Å². The largest absolute Gasteiger partial charge is 0.411 e. The smallest absolute Gasteiger partial charge is 0.0857 e. The van der Waals surface area contributed by atoms with E-state index in [2.05, 4.69) is 32.0 Å². The SMILES string of the molecule is CC12CCC(C=C/C1=N\O)C2(C)C. The van der Waals surface area contributed by atoms with Gasteiger partial charge in [0.15, 0.2) is 0 Å². The Kier molecular flexibility index (Phi) is 1.60. The third-order valence-corrected chi connectivity index (χ3v) is 4.46. The maximum Gasteiger partial charge on any atom is 0.0857 e. The highest BCUT2D eigenvalue weighted by Crippen LogP contribution is 2.59. The van der Waals surface area contributed by atoms with E-state index in [1.165, 1.54) is 6.42 Å². The van der Waals surface area contributed by atoms with Crippen molar-refractivity contribution >= 4 is 5.71 Å². The van der Waals surface area contributed by atoms with Gasteiger partial charge in [0.05, 0.1) is 5.71 Å². The van der Waals surface area contributed by atoms with Crippen LogP contribution < -0.4 is 0 Å². The highest BCUT2D eigenvalue weighted by molar-refractivity contribution is 6.01. The highest BCUT2D eigenvalue weighted by atomic mass is 16.4. The van der Waals surface area contributed by atoms with Crippen molar-refractivity contribution in [1.82, 2.24) is 0 Å². The lowest BCUT2D eigenvalue weighted by atomic mass is 9.61. The molecule has 0 spiro atoms. The van der Waals surface area contributed by atoms with E-state index in [0.29, 0.717) is 5.92 Å². The van der Waals surface area contributed by atoms with Crippen molar-refractivity contribution in [1.29, 1.82) is 0 Å². The number of nitrogens with zero attached hydrogens (tertiary/aromatic N) is 1. The molecule has 72 valence electrons. The van der Waals surface area contributed by atoms with Gasteiger partial charge in [-0.15, -0.1) is 0 Å². The fourth-order valence-electron chi connectivity index (χ4n) is 2.87. The number of rotatable bonds is 0. The van der Waals surface area contributed by atoms with Gasteiger partial charge in [0, 0.05) is 5.41 Å². The predicted molar refractivity (Wildman–Crippen MR) is 53.0 cm³/mol. The molecule has 2 unspecified atom stereocenters. The van der Waals surface area contributed by atoms with E-state index in [-0.39, 0.29) is 10.8 Å². The molecule has 2 rings (SSSR count). The molecule has 2 aliphatic rings. The first-order valence-electron chi connectivity index (χ1n) is 4.93. The van der Waals surface area contributed by atoms with Crippen LogP contribution in [-0.4, -0.2) is 10.9 Å². The molecule has 2 aliphatic carbocycles. The zero-order valence-electron chi connectivity index (χ0n) is 8.54. The van der Waals surface area contributed by atoms with E-state index < -0.39 is 0 Å². The summed E-state index contributed by atoms with van der Waals surface area (Å²) in [5, 5.41) is 12.4. The Bertz CT molecular complexity index is 290. The summed E-state index contributed by atoms with van der Waals surface area (Å²) in [6.45, 7) is 6.77. The quantitative estimate of drug-likeness (QED) is 0.450. The lowest BCUT2D eigenvalue weighted by Crippen LogP contribution is -2.42. The Morgan fingerprint density at radius 3 is 2.77 bits per heavy atom. The van der Waals surface area contributed by atoms with E-state index in [9.17, 15) is 0 Å². The second kappa shape index (κ2) is 2.37. The lowest BCUT2D eigenvalue weighted by molar-refractivity contribution is 0.167. The van der Waals surface area contributed by atoms with E-state index in [4.69, 9.17) is 5.21 Å². The number of hydrogen-bond donors (Lipinski definition) is 1. The zero-order chi connectivity index (χ0) is 9.69. The summed E-state index contributed by atoms with van der Waals surface area (Å²) in [4.78, 5) is 0. The minimum absolute atomic E-state index is 0.0706. The summed E-state index contributed by atoms with van der Waals surface area (Å²) >= 11 is 0. The van der Waals surface area contributed by atoms with E-state index in [0.717, 1.165) is 12.1 Å². The van der Waals surface area contributed by atoms with Gasteiger partial charge >= 0.3 is 0 Å². The van der Waals surface area contributed by atoms with Crippen LogP contribution in [0.2, 0.25) is 0 Å². The van der Waals surface area contributed by atoms with E-state index >= 15 is 0 Å². The van der Waals surface area contributed by atoms with Gasteiger partial charge in [-0.25, -0.2) is 0 Å². The number of oxime groups is 1. The van der Waals surface area contributed by atoms with E-state index in [1.807, 2.05) is 6.08 Å². The van der Waals surface area contributed by atoms with Crippen LogP contribution in [0.3, 0.4) is 0 Å². The predicted octanol–water partition coefficient (Wildman–Crippen LogP) is 2.83. The molecule has 13 heavy (non-hydrogen) atoms. The van der Waals surface area contributed by atoms with Crippen molar-refractivity contribution < 1.29 is 5.21 Å². The topological polar surface area (TPSA) is 32.6 Å². The molecule has 1 fully saturated rings. The number of fused-ring (bicyclic) bond motifs is 2. The lowest BCUT2D eigenvalue weighted by Gasteiger charge is -2.43. The van der Waals surface area contributed by atoms with Crippen LogP contribution in [0.15, 0.2) is 17.3 Å². The summed E-state index contributed by atoms with van der Waals surface area (Å²) in [6, 6.07) is 0. The zero-order valence-corrected chi connectivity index (χ0v) is 8.54. The summed E-state index contributed by atoms with van der Waals surface area (Å²) in [6.07, 6.45) is 6.54. The Labute approximate surface area is 79.3 Å². The van der Waals surface area contributed by atoms with Gasteiger partial charge in [0.1, 0.15) is 0 Å². The van der Waals surface area contributed by atoms with E-state index in [1.54, 1.807) is 0 Å². The molecule has 2 nitrogen and oxygen atoms in total. The third-order valence-electron chi connectivity index (χ3n) is 4.46. The Balaban J connectivity index is 2.54. The Morgan fingerprint density at radius 1 is 1.46 bits per heavy atom. The number of allylic oxidation sites excluding steroid dienone is 2. The van der Waals surface area contributed by atoms with Crippen molar-refractivity contribution in [3.05, 3.63) is 12.2 Å². The second-order valence-corrected chi connectivity index (χ2v) is 5.04. The van der Waals surface area contributed by atoms with Crippen LogP contribution in [0.5, 0.6) is 0 Å². The first kappa shape index (κ1) is 8.79. The highest BCUT2D eigenvalue weighted by Gasteiger charge is 2.55. The van der Waals surface area contributed by atoms with Crippen molar-refractivity contribution in [3.63, 3.8) is 0 Å². The summed E-state index contributed by atoms with van der Waals surface area (Å²) in [5.74, 6) is 0.656. The number of hydrogen-bond acceptors (Lipinski definition) is 2. The molecule has 2 bridgehead atoms. The van der Waals surface area contributed by atoms with Gasteiger partial charge in [-0.2, -0.15) is 0 Å². The van der Waals surface area contributed by atoms with Gasteiger partial charge in [-0.3, -0.25) is 0 Å². The van der Waals surface area contributed by atoms with Gasteiger partial charge in [-0.05, 0) is 30.3 Å². The van der Waals surface area contributed by atoms with Crippen molar-refractivity contribution in [2.45, 2.75) is 33.6 Å². The molecule has 0 aromatic heterocycles. The van der Waals surface area contributed by atoms with Crippen LogP contribution in [-0.2, 0) is 0 Å². The monoisotopic (exact) mass is 179 g/mol. The Hall–Kier alpha value is -0.790. The second-order valence-electron chi connectivity index (χ2n) is 5.04. The maximum atomic E-state index is 8.95. The normalized spacial score (nSPS) is 44.2. The molecule has 0 radical (unpaired) electrons. The van der Waals surface area contributed by atoms with Gasteiger partial charge in [-0.1, -0.05) is 32.0 Å². The van der Waals surface area contributed by atoms with Crippen molar-refractivity contribution in [2.75, 3.05) is 0 Å². The average Bonchev–Trinajstić information content (AvgIpc) is 2.24. The first-order chi connectivity index (χ1) is 6.02. The van der Waals surface area contributed by atoms with Gasteiger partial charge in [0.2, 0.25) is 0 Å². The van der Waals surface area contributed by atoms with Crippen LogP contribution in [0, 0.1) is 16.7 Å². The molecule has 1 saturated carbocycles. The molecule has 0 saturated heterocycles. The van der Waals surface area contributed by atoms with Crippen LogP contribution >= 0.6 is 0 Å². The molecular formula is C11H17NO. The maximum absolute atomic E-state index is 8.95. The fraction of sp³-hybridized carbons (Fsp3) is 0.727. The molecule has 1 N–H and O–H groups in total.